The molecule has 0 spiro atoms. The molecule has 1 aromatic rings. The topological polar surface area (TPSA) is 85.9 Å². The molecule has 154 valence electrons. The summed E-state index contributed by atoms with van der Waals surface area (Å²) in [4.78, 5) is 24.8. The Balaban J connectivity index is 2.66. The van der Waals surface area contributed by atoms with Crippen LogP contribution in [0.25, 0.3) is 0 Å². The van der Waals surface area contributed by atoms with Gasteiger partial charge < -0.3 is 24.8 Å². The van der Waals surface area contributed by atoms with Crippen molar-refractivity contribution in [2.24, 2.45) is 0 Å². The fourth-order valence-corrected chi connectivity index (χ4v) is 3.49. The van der Waals surface area contributed by atoms with E-state index in [1.54, 1.807) is 40.7 Å². The van der Waals surface area contributed by atoms with Crippen molar-refractivity contribution in [1.82, 2.24) is 10.6 Å². The van der Waals surface area contributed by atoms with Gasteiger partial charge in [0.2, 0.25) is 0 Å². The molecule has 7 nitrogen and oxygen atoms in total. The van der Waals surface area contributed by atoms with Crippen molar-refractivity contribution in [3.8, 4) is 11.5 Å². The SMILES string of the molecule is CCOc1c(Cl)cc(C2NC(=O)NC(C)=C2C(=O)OC(C)C)c(OCC)c1Cl. The van der Waals surface area contributed by atoms with Crippen LogP contribution >= 0.6 is 23.2 Å². The monoisotopic (exact) mass is 430 g/mol. The number of amides is 2. The molecule has 2 amide bonds. The molecule has 28 heavy (non-hydrogen) atoms. The van der Waals surface area contributed by atoms with Gasteiger partial charge in [-0.25, -0.2) is 9.59 Å². The van der Waals surface area contributed by atoms with Gasteiger partial charge in [0, 0.05) is 11.3 Å². The number of allylic oxidation sites excluding steroid dienone is 1. The number of benzene rings is 1. The Labute approximate surface area is 174 Å². The van der Waals surface area contributed by atoms with Gasteiger partial charge in [0.25, 0.3) is 0 Å². The van der Waals surface area contributed by atoms with Crippen molar-refractivity contribution in [2.45, 2.75) is 46.8 Å². The number of rotatable bonds is 7. The van der Waals surface area contributed by atoms with Crippen LogP contribution in [0.1, 0.15) is 46.2 Å². The molecule has 1 heterocycles. The largest absolute Gasteiger partial charge is 0.492 e. The zero-order chi connectivity index (χ0) is 21.0. The molecule has 0 saturated carbocycles. The molecule has 0 fully saturated rings. The summed E-state index contributed by atoms with van der Waals surface area (Å²) in [7, 11) is 0. The third-order valence-corrected chi connectivity index (χ3v) is 4.50. The molecule has 1 aliphatic heterocycles. The van der Waals surface area contributed by atoms with Crippen LogP contribution in [-0.4, -0.2) is 31.3 Å². The first kappa shape index (κ1) is 22.2. The summed E-state index contributed by atoms with van der Waals surface area (Å²) in [5.74, 6) is 0.00532. The summed E-state index contributed by atoms with van der Waals surface area (Å²) in [5, 5.41) is 5.74. The highest BCUT2D eigenvalue weighted by Gasteiger charge is 2.36. The number of urea groups is 1. The molecule has 0 aromatic heterocycles. The molecule has 9 heteroatoms. The smallest absolute Gasteiger partial charge is 0.338 e. The van der Waals surface area contributed by atoms with Gasteiger partial charge in [0.05, 0.1) is 36.0 Å². The summed E-state index contributed by atoms with van der Waals surface area (Å²) in [6.45, 7) is 9.39. The van der Waals surface area contributed by atoms with Crippen LogP contribution in [0.5, 0.6) is 11.5 Å². The first-order chi connectivity index (χ1) is 13.2. The number of carbonyl (C=O) groups excluding carboxylic acids is 2. The van der Waals surface area contributed by atoms with E-state index in [-0.39, 0.29) is 33.2 Å². The van der Waals surface area contributed by atoms with E-state index in [0.717, 1.165) is 0 Å². The van der Waals surface area contributed by atoms with Crippen LogP contribution in [0.3, 0.4) is 0 Å². The van der Waals surface area contributed by atoms with Gasteiger partial charge in [-0.05, 0) is 40.7 Å². The third-order valence-electron chi connectivity index (χ3n) is 3.88. The van der Waals surface area contributed by atoms with Gasteiger partial charge in [-0.1, -0.05) is 23.2 Å². The van der Waals surface area contributed by atoms with Crippen molar-refractivity contribution < 1.29 is 23.8 Å². The van der Waals surface area contributed by atoms with Gasteiger partial charge >= 0.3 is 12.0 Å². The molecule has 0 radical (unpaired) electrons. The predicted octanol–water partition coefficient (Wildman–Crippen LogP) is 4.37. The fraction of sp³-hybridized carbons (Fsp3) is 0.474. The van der Waals surface area contributed by atoms with Crippen LogP contribution < -0.4 is 20.1 Å². The van der Waals surface area contributed by atoms with Gasteiger partial charge in [0.15, 0.2) is 5.75 Å². The Morgan fingerprint density at radius 3 is 2.36 bits per heavy atom. The van der Waals surface area contributed by atoms with E-state index >= 15 is 0 Å². The predicted molar refractivity (Wildman–Crippen MR) is 107 cm³/mol. The van der Waals surface area contributed by atoms with E-state index < -0.39 is 18.0 Å². The zero-order valence-electron chi connectivity index (χ0n) is 16.4. The maximum Gasteiger partial charge on any atom is 0.338 e. The summed E-state index contributed by atoms with van der Waals surface area (Å²) in [6.07, 6.45) is -0.329. The van der Waals surface area contributed by atoms with Gasteiger partial charge in [-0.15, -0.1) is 0 Å². The fourth-order valence-electron chi connectivity index (χ4n) is 2.86. The second kappa shape index (κ2) is 9.39. The lowest BCUT2D eigenvalue weighted by Gasteiger charge is -2.30. The van der Waals surface area contributed by atoms with Gasteiger partial charge in [-0.3, -0.25) is 0 Å². The number of halogens is 2. The van der Waals surface area contributed by atoms with Crippen molar-refractivity contribution >= 4 is 35.2 Å². The van der Waals surface area contributed by atoms with Crippen molar-refractivity contribution in [2.75, 3.05) is 13.2 Å². The quantitative estimate of drug-likeness (QED) is 0.627. The van der Waals surface area contributed by atoms with E-state index in [0.29, 0.717) is 24.5 Å². The third kappa shape index (κ3) is 4.64. The number of carbonyl (C=O) groups is 2. The standard InChI is InChI=1S/C19H24Cl2N2O5/c1-6-26-16-11(8-12(20)17(14(16)21)27-7-2)15-13(18(24)28-9(3)4)10(5)22-19(25)23-15/h8-9,15H,6-7H2,1-5H3,(H2,22,23,25). The van der Waals surface area contributed by atoms with Crippen LogP contribution in [0.2, 0.25) is 10.0 Å². The highest BCUT2D eigenvalue weighted by atomic mass is 35.5. The Kier molecular flexibility index (Phi) is 7.43. The molecule has 1 aromatic carbocycles. The molecule has 0 saturated heterocycles. The lowest BCUT2D eigenvalue weighted by molar-refractivity contribution is -0.143. The summed E-state index contributed by atoms with van der Waals surface area (Å²) in [5.41, 5.74) is 1.05. The normalized spacial score (nSPS) is 16.6. The number of esters is 1. The van der Waals surface area contributed by atoms with Crippen LogP contribution in [-0.2, 0) is 9.53 Å². The van der Waals surface area contributed by atoms with E-state index in [4.69, 9.17) is 37.4 Å². The molecule has 1 aliphatic rings. The molecular weight excluding hydrogens is 407 g/mol. The minimum Gasteiger partial charge on any atom is -0.492 e. The van der Waals surface area contributed by atoms with E-state index in [2.05, 4.69) is 10.6 Å². The average molecular weight is 431 g/mol. The molecule has 2 N–H and O–H groups in total. The first-order valence-electron chi connectivity index (χ1n) is 8.97. The number of nitrogens with one attached hydrogen (secondary N) is 2. The van der Waals surface area contributed by atoms with Gasteiger partial charge in [-0.2, -0.15) is 0 Å². The van der Waals surface area contributed by atoms with E-state index in [1.807, 2.05) is 0 Å². The summed E-state index contributed by atoms with van der Waals surface area (Å²) >= 11 is 12.8. The Hall–Kier alpha value is -2.12. The average Bonchev–Trinajstić information content (AvgIpc) is 2.59. The Morgan fingerprint density at radius 1 is 1.18 bits per heavy atom. The lowest BCUT2D eigenvalue weighted by Crippen LogP contribution is -2.45. The summed E-state index contributed by atoms with van der Waals surface area (Å²) in [6, 6.07) is 0.259. The highest BCUT2D eigenvalue weighted by molar-refractivity contribution is 6.38. The van der Waals surface area contributed by atoms with Gasteiger partial charge in [0.1, 0.15) is 10.8 Å². The second-order valence-corrected chi connectivity index (χ2v) is 7.10. The first-order valence-corrected chi connectivity index (χ1v) is 9.73. The number of hydrogen-bond acceptors (Lipinski definition) is 5. The minimum atomic E-state index is -0.854. The molecule has 0 aliphatic carbocycles. The Bertz CT molecular complexity index is 808. The van der Waals surface area contributed by atoms with Crippen LogP contribution in [0.15, 0.2) is 17.3 Å². The Morgan fingerprint density at radius 2 is 1.79 bits per heavy atom. The van der Waals surface area contributed by atoms with Crippen molar-refractivity contribution in [3.05, 3.63) is 32.9 Å². The number of hydrogen-bond donors (Lipinski definition) is 2. The molecule has 1 unspecified atom stereocenters. The molecular formula is C19H24Cl2N2O5. The van der Waals surface area contributed by atoms with Crippen molar-refractivity contribution in [1.29, 1.82) is 0 Å². The molecule has 2 rings (SSSR count). The zero-order valence-corrected chi connectivity index (χ0v) is 18.0. The van der Waals surface area contributed by atoms with Crippen molar-refractivity contribution in [3.63, 3.8) is 0 Å². The molecule has 1 atom stereocenters. The molecule has 0 bridgehead atoms. The highest BCUT2D eigenvalue weighted by Crippen LogP contribution is 2.46. The van der Waals surface area contributed by atoms with Crippen LogP contribution in [0.4, 0.5) is 4.79 Å². The number of ether oxygens (including phenoxy) is 3. The van der Waals surface area contributed by atoms with Crippen LogP contribution in [0, 0.1) is 0 Å². The summed E-state index contributed by atoms with van der Waals surface area (Å²) < 4.78 is 16.6. The minimum absolute atomic E-state index is 0.174. The van der Waals surface area contributed by atoms with E-state index in [1.165, 1.54) is 0 Å². The maximum atomic E-state index is 12.7. The second-order valence-electron chi connectivity index (χ2n) is 6.31. The maximum absolute atomic E-state index is 12.7. The lowest BCUT2D eigenvalue weighted by atomic mass is 9.94. The van der Waals surface area contributed by atoms with E-state index in [9.17, 15) is 9.59 Å².